The van der Waals surface area contributed by atoms with E-state index in [1.165, 1.54) is 12.3 Å². The highest BCUT2D eigenvalue weighted by Gasteiger charge is 2.23. The Bertz CT molecular complexity index is 725. The van der Waals surface area contributed by atoms with Gasteiger partial charge in [0, 0.05) is 5.56 Å². The first kappa shape index (κ1) is 16.0. The lowest BCUT2D eigenvalue weighted by Crippen LogP contribution is -2.25. The van der Waals surface area contributed by atoms with Crippen molar-refractivity contribution in [3.05, 3.63) is 58.0 Å². The van der Waals surface area contributed by atoms with Crippen LogP contribution in [0.4, 0.5) is 0 Å². The number of hydrogen-bond donors (Lipinski definition) is 0. The lowest BCUT2D eigenvalue weighted by atomic mass is 9.96. The number of furan rings is 1. The maximum atomic E-state index is 12.5. The van der Waals surface area contributed by atoms with E-state index < -0.39 is 12.1 Å². The van der Waals surface area contributed by atoms with Gasteiger partial charge in [-0.3, -0.25) is 4.79 Å². The third-order valence-electron chi connectivity index (χ3n) is 3.84. The van der Waals surface area contributed by atoms with Crippen molar-refractivity contribution in [1.82, 2.24) is 0 Å². The summed E-state index contributed by atoms with van der Waals surface area (Å²) in [6.07, 6.45) is 0.578. The molecule has 1 atom stereocenters. The van der Waals surface area contributed by atoms with Crippen molar-refractivity contribution in [2.75, 3.05) is 0 Å². The van der Waals surface area contributed by atoms with E-state index >= 15 is 0 Å². The lowest BCUT2D eigenvalue weighted by Gasteiger charge is -2.15. The number of hydrogen-bond acceptors (Lipinski definition) is 4. The Balaban J connectivity index is 2.18. The molecule has 0 amide bonds. The molecular formula is C18H20O4. The fraction of sp³-hybridized carbons (Fsp3) is 0.333. The van der Waals surface area contributed by atoms with Gasteiger partial charge in [-0.1, -0.05) is 6.07 Å². The Labute approximate surface area is 130 Å². The van der Waals surface area contributed by atoms with Gasteiger partial charge in [0.25, 0.3) is 0 Å². The zero-order valence-corrected chi connectivity index (χ0v) is 13.5. The van der Waals surface area contributed by atoms with Crippen LogP contribution in [0.1, 0.15) is 50.1 Å². The molecule has 0 N–H and O–H groups in total. The summed E-state index contributed by atoms with van der Waals surface area (Å²) >= 11 is 0. The van der Waals surface area contributed by atoms with Crippen LogP contribution in [0, 0.1) is 27.7 Å². The highest BCUT2D eigenvalue weighted by atomic mass is 16.5. The average molecular weight is 300 g/mol. The highest BCUT2D eigenvalue weighted by Crippen LogP contribution is 2.19. The zero-order valence-electron chi connectivity index (χ0n) is 13.5. The smallest absolute Gasteiger partial charge is 0.342 e. The average Bonchev–Trinajstić information content (AvgIpc) is 2.88. The summed E-state index contributed by atoms with van der Waals surface area (Å²) in [5, 5.41) is 0. The Morgan fingerprint density at radius 2 is 1.64 bits per heavy atom. The molecule has 0 fully saturated rings. The van der Waals surface area contributed by atoms with Gasteiger partial charge >= 0.3 is 5.97 Å². The van der Waals surface area contributed by atoms with E-state index in [1.54, 1.807) is 13.8 Å². The quantitative estimate of drug-likeness (QED) is 0.634. The number of rotatable bonds is 4. The molecule has 1 heterocycles. The van der Waals surface area contributed by atoms with Gasteiger partial charge in [0.2, 0.25) is 5.78 Å². The van der Waals surface area contributed by atoms with Crippen LogP contribution in [0.15, 0.2) is 28.9 Å². The molecule has 0 bridgehead atoms. The number of Topliss-reactive ketones (excluding diaryl/α,β-unsaturated/α-hetero) is 1. The fourth-order valence-corrected chi connectivity index (χ4v) is 2.32. The van der Waals surface area contributed by atoms with E-state index in [4.69, 9.17) is 9.15 Å². The maximum absolute atomic E-state index is 12.5. The summed E-state index contributed by atoms with van der Waals surface area (Å²) in [6.45, 7) is 9.11. The molecule has 0 spiro atoms. The molecule has 0 saturated heterocycles. The van der Waals surface area contributed by atoms with E-state index in [0.29, 0.717) is 16.9 Å². The van der Waals surface area contributed by atoms with Gasteiger partial charge in [0.05, 0.1) is 6.26 Å². The predicted molar refractivity (Wildman–Crippen MR) is 83.3 cm³/mol. The molecular weight excluding hydrogens is 280 g/mol. The molecule has 1 aromatic carbocycles. The Hall–Kier alpha value is -2.36. The van der Waals surface area contributed by atoms with Crippen LogP contribution < -0.4 is 0 Å². The number of benzene rings is 1. The van der Waals surface area contributed by atoms with Gasteiger partial charge in [-0.25, -0.2) is 4.79 Å². The number of aryl methyl sites for hydroxylation is 4. The van der Waals surface area contributed by atoms with Gasteiger partial charge in [-0.15, -0.1) is 0 Å². The van der Waals surface area contributed by atoms with Crippen LogP contribution in [0.5, 0.6) is 0 Å². The summed E-state index contributed by atoms with van der Waals surface area (Å²) in [7, 11) is 0. The van der Waals surface area contributed by atoms with Crippen molar-refractivity contribution in [2.45, 2.75) is 40.7 Å². The molecule has 22 heavy (non-hydrogen) atoms. The van der Waals surface area contributed by atoms with E-state index in [1.807, 2.05) is 32.9 Å². The van der Waals surface area contributed by atoms with Crippen molar-refractivity contribution in [3.8, 4) is 0 Å². The summed E-state index contributed by atoms with van der Waals surface area (Å²) in [5.74, 6) is -0.268. The van der Waals surface area contributed by atoms with Gasteiger partial charge in [0.1, 0.15) is 11.3 Å². The molecule has 116 valence electrons. The second kappa shape index (κ2) is 6.18. The van der Waals surface area contributed by atoms with Gasteiger partial charge in [0.15, 0.2) is 6.10 Å². The molecule has 0 radical (unpaired) electrons. The second-order valence-corrected chi connectivity index (χ2v) is 5.55. The van der Waals surface area contributed by atoms with Crippen LogP contribution >= 0.6 is 0 Å². The summed E-state index contributed by atoms with van der Waals surface area (Å²) in [5.41, 5.74) is 3.99. The molecule has 1 unspecified atom stereocenters. The largest absolute Gasteiger partial charge is 0.469 e. The fourth-order valence-electron chi connectivity index (χ4n) is 2.32. The van der Waals surface area contributed by atoms with Gasteiger partial charge in [-0.2, -0.15) is 0 Å². The Morgan fingerprint density at radius 1 is 1.00 bits per heavy atom. The standard InChI is InChI=1S/C18H20O4/c1-10-8-12(3)16(9-11(10)2)17(19)14(5)22-18(20)15-6-7-21-13(15)4/h6-9,14H,1-5H3. The molecule has 0 aliphatic heterocycles. The van der Waals surface area contributed by atoms with Crippen LogP contribution in [0.2, 0.25) is 0 Å². The summed E-state index contributed by atoms with van der Waals surface area (Å²) in [4.78, 5) is 24.6. The van der Waals surface area contributed by atoms with Crippen molar-refractivity contribution < 1.29 is 18.7 Å². The number of carbonyl (C=O) groups is 2. The van der Waals surface area contributed by atoms with Crippen molar-refractivity contribution in [1.29, 1.82) is 0 Å². The monoisotopic (exact) mass is 300 g/mol. The Kier molecular flexibility index (Phi) is 4.50. The number of carbonyl (C=O) groups excluding carboxylic acids is 2. The third-order valence-corrected chi connectivity index (χ3v) is 3.84. The minimum atomic E-state index is -0.845. The summed E-state index contributed by atoms with van der Waals surface area (Å²) < 4.78 is 10.3. The van der Waals surface area contributed by atoms with Gasteiger partial charge < -0.3 is 9.15 Å². The predicted octanol–water partition coefficient (Wildman–Crippen LogP) is 3.94. The third kappa shape index (κ3) is 3.11. The van der Waals surface area contributed by atoms with Crippen LogP contribution in [0.3, 0.4) is 0 Å². The normalized spacial score (nSPS) is 12.0. The highest BCUT2D eigenvalue weighted by molar-refractivity contribution is 6.02. The molecule has 0 saturated carbocycles. The SMILES string of the molecule is Cc1cc(C)c(C(=O)C(C)OC(=O)c2ccoc2C)cc1C. The van der Waals surface area contributed by atoms with Crippen molar-refractivity contribution >= 4 is 11.8 Å². The van der Waals surface area contributed by atoms with Crippen LogP contribution in [-0.4, -0.2) is 17.9 Å². The van der Waals surface area contributed by atoms with Crippen molar-refractivity contribution in [3.63, 3.8) is 0 Å². The second-order valence-electron chi connectivity index (χ2n) is 5.55. The van der Waals surface area contributed by atoms with Crippen molar-refractivity contribution in [2.24, 2.45) is 0 Å². The van der Waals surface area contributed by atoms with E-state index in [2.05, 4.69) is 0 Å². The zero-order chi connectivity index (χ0) is 16.4. The van der Waals surface area contributed by atoms with Gasteiger partial charge in [-0.05, 0) is 63.4 Å². The number of ketones is 1. The minimum absolute atomic E-state index is 0.199. The summed E-state index contributed by atoms with van der Waals surface area (Å²) in [6, 6.07) is 5.36. The topological polar surface area (TPSA) is 56.5 Å². The first-order chi connectivity index (χ1) is 10.3. The first-order valence-corrected chi connectivity index (χ1v) is 7.18. The molecule has 0 aliphatic carbocycles. The van der Waals surface area contributed by atoms with E-state index in [9.17, 15) is 9.59 Å². The van der Waals surface area contributed by atoms with E-state index in [-0.39, 0.29) is 5.78 Å². The molecule has 2 aromatic rings. The first-order valence-electron chi connectivity index (χ1n) is 7.18. The number of esters is 1. The molecule has 0 aliphatic rings. The Morgan fingerprint density at radius 3 is 2.23 bits per heavy atom. The van der Waals surface area contributed by atoms with E-state index in [0.717, 1.165) is 16.7 Å². The maximum Gasteiger partial charge on any atom is 0.342 e. The van der Waals surface area contributed by atoms with Crippen LogP contribution in [0.25, 0.3) is 0 Å². The number of ether oxygens (including phenoxy) is 1. The molecule has 4 heteroatoms. The molecule has 2 rings (SSSR count). The minimum Gasteiger partial charge on any atom is -0.469 e. The lowest BCUT2D eigenvalue weighted by molar-refractivity contribution is 0.0317. The molecule has 4 nitrogen and oxygen atoms in total. The molecule has 1 aromatic heterocycles. The van der Waals surface area contributed by atoms with Crippen LogP contribution in [-0.2, 0) is 4.74 Å².